The predicted molar refractivity (Wildman–Crippen MR) is 202 cm³/mol. The van der Waals surface area contributed by atoms with Crippen LogP contribution in [-0.2, 0) is 5.41 Å². The molecule has 75 heavy (non-hydrogen) atoms. The lowest BCUT2D eigenvalue weighted by molar-refractivity contribution is -0.486. The number of nitrogens with two attached hydrogens (primary N) is 2. The Morgan fingerprint density at radius 3 is 0.600 bits per heavy atom. The summed E-state index contributed by atoms with van der Waals surface area (Å²) in [4.78, 5) is 0. The fraction of sp³-hybridized carbons (Fsp3) is 0.442. The van der Waals surface area contributed by atoms with Crippen LogP contribution in [0.25, 0.3) is 0 Å². The van der Waals surface area contributed by atoms with E-state index < -0.39 is 112 Å². The van der Waals surface area contributed by atoms with Crippen LogP contribution in [-0.4, -0.2) is 83.4 Å². The molecule has 2 nitrogen and oxygen atoms in total. The second kappa shape index (κ2) is 18.3. The quantitative estimate of drug-likeness (QED) is 0.0771. The fourth-order valence-electron chi connectivity index (χ4n) is 7.42. The molecule has 0 aliphatic carbocycles. The minimum Gasteiger partial charge on any atom is -0.399 e. The molecule has 420 valence electrons. The Labute approximate surface area is 399 Å². The maximum absolute atomic E-state index is 16.8. The van der Waals surface area contributed by atoms with E-state index in [9.17, 15) is 83.4 Å². The third-order valence-corrected chi connectivity index (χ3v) is 12.2. The van der Waals surface area contributed by atoms with Gasteiger partial charge in [-0.2, -0.15) is 132 Å². The zero-order chi connectivity index (χ0) is 58.6. The van der Waals surface area contributed by atoms with Gasteiger partial charge in [0.25, 0.3) is 0 Å². The first-order valence-electron chi connectivity index (χ1n) is 19.8. The van der Waals surface area contributed by atoms with E-state index in [1.807, 2.05) is 0 Å². The van der Waals surface area contributed by atoms with Gasteiger partial charge in [0.15, 0.2) is 5.41 Å². The molecular formula is C43H28F30N2. The maximum Gasteiger partial charge on any atom is 0.460 e. The van der Waals surface area contributed by atoms with Gasteiger partial charge in [-0.25, -0.2) is 0 Å². The SMILES string of the molecule is CC(c1ccc(N)cc1)c1ccc(C(c2ccc(C(C)c3ccc(N)cc3)cc2)(C(F)(F)F)C(F)(F)C(F)(F)C(F)(F)C(F)(F)C(F)(F)C(F)(F)C(F)(F)C(F)(F)C(F)(F)C(F)(F)C(F)(F)C(F)(F)C(F)(F)F)cc1. The molecule has 0 heterocycles. The highest BCUT2D eigenvalue weighted by atomic mass is 19.4. The van der Waals surface area contributed by atoms with Gasteiger partial charge in [-0.1, -0.05) is 86.6 Å². The van der Waals surface area contributed by atoms with Crippen molar-refractivity contribution < 1.29 is 132 Å². The minimum atomic E-state index is -10.1. The van der Waals surface area contributed by atoms with Gasteiger partial charge in [-0.3, -0.25) is 0 Å². The van der Waals surface area contributed by atoms with Crippen LogP contribution in [0.1, 0.15) is 59.1 Å². The summed E-state index contributed by atoms with van der Waals surface area (Å²) in [6, 6.07) is 10.5. The average molecular weight is 1140 g/mol. The van der Waals surface area contributed by atoms with Gasteiger partial charge in [0, 0.05) is 23.2 Å². The van der Waals surface area contributed by atoms with Crippen molar-refractivity contribution in [1.29, 1.82) is 0 Å². The minimum absolute atomic E-state index is 0.107. The normalized spacial score (nSPS) is 16.6. The van der Waals surface area contributed by atoms with Crippen molar-refractivity contribution in [1.82, 2.24) is 0 Å². The lowest BCUT2D eigenvalue weighted by Gasteiger charge is -2.49. The zero-order valence-corrected chi connectivity index (χ0v) is 36.4. The number of anilines is 2. The molecule has 2 atom stereocenters. The molecule has 0 radical (unpaired) electrons. The highest BCUT2D eigenvalue weighted by molar-refractivity contribution is 5.51. The van der Waals surface area contributed by atoms with Gasteiger partial charge in [-0.15, -0.1) is 0 Å². The Bertz CT molecular complexity index is 2540. The Balaban J connectivity index is 2.02. The van der Waals surface area contributed by atoms with Crippen molar-refractivity contribution in [3.8, 4) is 0 Å². The standard InChI is InChI=1S/C43H28F30N2/c1-19(23-7-15-27(74)16-8-23)21-3-11-25(12-4-21)29(42(68,69)70,26-13-5-22(6-14-26)20(2)24-9-17-28(75)18-10-24)30(44,45)31(46,47)32(48,49)33(50,51)34(52,53)35(54,55)36(56,57)37(58,59)38(60,61)39(62,63)40(64,65)41(66,67)43(71,72)73/h3-20H,74-75H2,1-2H3. The summed E-state index contributed by atoms with van der Waals surface area (Å²) in [5, 5.41) is 0. The van der Waals surface area contributed by atoms with Crippen molar-refractivity contribution in [2.75, 3.05) is 11.5 Å². The van der Waals surface area contributed by atoms with Crippen LogP contribution < -0.4 is 11.5 Å². The molecule has 0 aromatic heterocycles. The summed E-state index contributed by atoms with van der Waals surface area (Å²) < 4.78 is 439. The van der Waals surface area contributed by atoms with E-state index >= 15 is 48.3 Å². The number of hydrogen-bond donors (Lipinski definition) is 2. The van der Waals surface area contributed by atoms with Crippen molar-refractivity contribution in [3.05, 3.63) is 130 Å². The number of nitrogen functional groups attached to an aromatic ring is 2. The van der Waals surface area contributed by atoms with Gasteiger partial charge in [0.2, 0.25) is 0 Å². The van der Waals surface area contributed by atoms with Crippen LogP contribution >= 0.6 is 0 Å². The van der Waals surface area contributed by atoms with Crippen LogP contribution in [0.5, 0.6) is 0 Å². The van der Waals surface area contributed by atoms with Crippen LogP contribution in [0, 0.1) is 0 Å². The number of alkyl halides is 30. The summed E-state index contributed by atoms with van der Waals surface area (Å²) in [5.41, 5.74) is -0.289. The Morgan fingerprint density at radius 2 is 0.413 bits per heavy atom. The van der Waals surface area contributed by atoms with Crippen LogP contribution in [0.4, 0.5) is 143 Å². The summed E-state index contributed by atoms with van der Waals surface area (Å²) >= 11 is 0. The van der Waals surface area contributed by atoms with Gasteiger partial charge in [0.1, 0.15) is 0 Å². The molecule has 4 N–H and O–H groups in total. The van der Waals surface area contributed by atoms with E-state index in [1.165, 1.54) is 62.4 Å². The van der Waals surface area contributed by atoms with Crippen LogP contribution in [0.3, 0.4) is 0 Å². The Kier molecular flexibility index (Phi) is 15.1. The number of rotatable bonds is 18. The van der Waals surface area contributed by atoms with Gasteiger partial charge in [0.05, 0.1) is 0 Å². The van der Waals surface area contributed by atoms with E-state index in [0.29, 0.717) is 24.3 Å². The van der Waals surface area contributed by atoms with Gasteiger partial charge < -0.3 is 11.5 Å². The first kappa shape index (κ1) is 61.9. The Morgan fingerprint density at radius 1 is 0.240 bits per heavy atom. The molecule has 2 unspecified atom stereocenters. The number of hydrogen-bond acceptors (Lipinski definition) is 2. The molecule has 0 fully saturated rings. The largest absolute Gasteiger partial charge is 0.460 e. The highest BCUT2D eigenvalue weighted by Gasteiger charge is 3.01. The molecule has 0 saturated carbocycles. The molecule has 32 heteroatoms. The van der Waals surface area contributed by atoms with Crippen molar-refractivity contribution in [3.63, 3.8) is 0 Å². The molecule has 0 amide bonds. The summed E-state index contributed by atoms with van der Waals surface area (Å²) in [6.45, 7) is 2.46. The molecule has 0 aliphatic rings. The summed E-state index contributed by atoms with van der Waals surface area (Å²) in [5.74, 6) is -117. The third-order valence-electron chi connectivity index (χ3n) is 12.2. The van der Waals surface area contributed by atoms with Gasteiger partial charge in [-0.05, 0) is 57.6 Å². The first-order chi connectivity index (χ1) is 33.3. The highest BCUT2D eigenvalue weighted by Crippen LogP contribution is 2.71. The second-order valence-electron chi connectivity index (χ2n) is 16.7. The van der Waals surface area contributed by atoms with Crippen molar-refractivity contribution in [2.24, 2.45) is 0 Å². The van der Waals surface area contributed by atoms with Gasteiger partial charge >= 0.3 is 83.4 Å². The molecule has 0 saturated heterocycles. The summed E-state index contributed by atoms with van der Waals surface area (Å²) in [6.07, 6.45) is -15.8. The number of benzene rings is 4. The maximum atomic E-state index is 16.8. The smallest absolute Gasteiger partial charge is 0.399 e. The van der Waals surface area contributed by atoms with Crippen LogP contribution in [0.15, 0.2) is 97.1 Å². The molecule has 0 spiro atoms. The molecule has 4 aromatic rings. The van der Waals surface area contributed by atoms with Crippen molar-refractivity contribution >= 4 is 11.4 Å². The van der Waals surface area contributed by atoms with E-state index in [-0.39, 0.29) is 57.9 Å². The average Bonchev–Trinajstić information content (AvgIpc) is 3.28. The zero-order valence-electron chi connectivity index (χ0n) is 36.4. The van der Waals surface area contributed by atoms with E-state index in [4.69, 9.17) is 11.5 Å². The topological polar surface area (TPSA) is 52.0 Å². The molecule has 4 rings (SSSR count). The molecule has 0 bridgehead atoms. The Hall–Kier alpha value is -5.62. The monoisotopic (exact) mass is 1140 g/mol. The predicted octanol–water partition coefficient (Wildman–Crippen LogP) is 16.2. The van der Waals surface area contributed by atoms with E-state index in [2.05, 4.69) is 0 Å². The lowest BCUT2D eigenvalue weighted by Crippen LogP contribution is -2.79. The summed E-state index contributed by atoms with van der Waals surface area (Å²) in [7, 11) is 0. The van der Waals surface area contributed by atoms with E-state index in [1.54, 1.807) is 0 Å². The number of halogens is 30. The van der Waals surface area contributed by atoms with Crippen LogP contribution in [0.2, 0.25) is 0 Å². The fourth-order valence-corrected chi connectivity index (χ4v) is 7.42. The lowest BCUT2D eigenvalue weighted by atomic mass is 9.65. The molecule has 4 aromatic carbocycles. The third kappa shape index (κ3) is 8.49. The van der Waals surface area contributed by atoms with Crippen molar-refractivity contribution in [2.45, 2.75) is 115 Å². The molecule has 0 aliphatic heterocycles. The van der Waals surface area contributed by atoms with E-state index in [0.717, 1.165) is 0 Å². The first-order valence-corrected chi connectivity index (χ1v) is 19.8. The second-order valence-corrected chi connectivity index (χ2v) is 16.7. The molecular weight excluding hydrogens is 1110 g/mol.